The van der Waals surface area contributed by atoms with E-state index in [1.807, 2.05) is 12.3 Å². The van der Waals surface area contributed by atoms with E-state index < -0.39 is 0 Å². The summed E-state index contributed by atoms with van der Waals surface area (Å²) in [5.74, 6) is 0.653. The lowest BCUT2D eigenvalue weighted by Crippen LogP contribution is -2.21. The zero-order chi connectivity index (χ0) is 12.1. The molecule has 0 aliphatic heterocycles. The standard InChI is InChI=1S/C15H20N2/c1-3-16-11-12(2)10-13-6-4-8-15-14(13)7-5-9-17-15/h4-9,12,16H,3,10-11H2,1-2H3. The molecule has 0 radical (unpaired) electrons. The van der Waals surface area contributed by atoms with E-state index in [2.05, 4.69) is 48.4 Å². The van der Waals surface area contributed by atoms with Gasteiger partial charge in [0.05, 0.1) is 5.52 Å². The third-order valence-corrected chi connectivity index (χ3v) is 3.05. The number of hydrogen-bond acceptors (Lipinski definition) is 2. The van der Waals surface area contributed by atoms with Crippen LogP contribution in [0, 0.1) is 5.92 Å². The predicted molar refractivity (Wildman–Crippen MR) is 73.2 cm³/mol. The highest BCUT2D eigenvalue weighted by molar-refractivity contribution is 5.81. The number of nitrogens with zero attached hydrogens (tertiary/aromatic N) is 1. The fourth-order valence-electron chi connectivity index (χ4n) is 2.18. The van der Waals surface area contributed by atoms with Gasteiger partial charge in [0.15, 0.2) is 0 Å². The van der Waals surface area contributed by atoms with E-state index in [1.54, 1.807) is 0 Å². The Labute approximate surface area is 103 Å². The molecule has 0 saturated carbocycles. The van der Waals surface area contributed by atoms with Crippen molar-refractivity contribution >= 4 is 10.9 Å². The molecule has 2 rings (SSSR count). The molecule has 0 aliphatic carbocycles. The van der Waals surface area contributed by atoms with Crippen molar-refractivity contribution in [3.8, 4) is 0 Å². The Morgan fingerprint density at radius 2 is 2.12 bits per heavy atom. The van der Waals surface area contributed by atoms with E-state index >= 15 is 0 Å². The third kappa shape index (κ3) is 3.04. The van der Waals surface area contributed by atoms with Crippen molar-refractivity contribution in [2.75, 3.05) is 13.1 Å². The van der Waals surface area contributed by atoms with Crippen molar-refractivity contribution in [3.63, 3.8) is 0 Å². The van der Waals surface area contributed by atoms with Gasteiger partial charge in [-0.05, 0) is 43.1 Å². The molecule has 2 nitrogen and oxygen atoms in total. The van der Waals surface area contributed by atoms with Gasteiger partial charge < -0.3 is 5.32 Å². The van der Waals surface area contributed by atoms with Crippen LogP contribution in [0.2, 0.25) is 0 Å². The summed E-state index contributed by atoms with van der Waals surface area (Å²) in [5.41, 5.74) is 2.50. The van der Waals surface area contributed by atoms with E-state index in [9.17, 15) is 0 Å². The van der Waals surface area contributed by atoms with Gasteiger partial charge in [0, 0.05) is 11.6 Å². The maximum atomic E-state index is 4.40. The molecule has 2 heteroatoms. The van der Waals surface area contributed by atoms with E-state index in [0.29, 0.717) is 5.92 Å². The van der Waals surface area contributed by atoms with Gasteiger partial charge in [0.25, 0.3) is 0 Å². The van der Waals surface area contributed by atoms with Crippen LogP contribution < -0.4 is 5.32 Å². The first-order chi connectivity index (χ1) is 8.31. The molecule has 0 aliphatic rings. The molecule has 1 N–H and O–H groups in total. The summed E-state index contributed by atoms with van der Waals surface area (Å²) in [6.07, 6.45) is 2.96. The first-order valence-corrected chi connectivity index (χ1v) is 6.34. The molecule has 1 unspecified atom stereocenters. The maximum absolute atomic E-state index is 4.40. The summed E-state index contributed by atoms with van der Waals surface area (Å²) in [4.78, 5) is 4.40. The minimum Gasteiger partial charge on any atom is -0.317 e. The average molecular weight is 228 g/mol. The van der Waals surface area contributed by atoms with E-state index in [1.165, 1.54) is 10.9 Å². The Morgan fingerprint density at radius 3 is 2.94 bits per heavy atom. The van der Waals surface area contributed by atoms with E-state index in [0.717, 1.165) is 25.0 Å². The molecular weight excluding hydrogens is 208 g/mol. The highest BCUT2D eigenvalue weighted by Crippen LogP contribution is 2.19. The third-order valence-electron chi connectivity index (χ3n) is 3.05. The Bertz CT molecular complexity index is 474. The van der Waals surface area contributed by atoms with Crippen LogP contribution in [0.25, 0.3) is 10.9 Å². The van der Waals surface area contributed by atoms with Crippen LogP contribution in [0.4, 0.5) is 0 Å². The number of aromatic nitrogens is 1. The fraction of sp³-hybridized carbons (Fsp3) is 0.400. The van der Waals surface area contributed by atoms with Crippen LogP contribution >= 0.6 is 0 Å². The van der Waals surface area contributed by atoms with Gasteiger partial charge in [0.2, 0.25) is 0 Å². The quantitative estimate of drug-likeness (QED) is 0.851. The topological polar surface area (TPSA) is 24.9 Å². The van der Waals surface area contributed by atoms with Crippen LogP contribution in [0.3, 0.4) is 0 Å². The SMILES string of the molecule is CCNCC(C)Cc1cccc2ncccc12. The molecule has 0 bridgehead atoms. The average Bonchev–Trinajstić information content (AvgIpc) is 2.37. The Kier molecular flexibility index (Phi) is 4.10. The summed E-state index contributed by atoms with van der Waals surface area (Å²) in [5, 5.41) is 4.69. The molecule has 1 aromatic heterocycles. The highest BCUT2D eigenvalue weighted by Gasteiger charge is 2.06. The van der Waals surface area contributed by atoms with Gasteiger partial charge in [0.1, 0.15) is 0 Å². The molecule has 90 valence electrons. The summed E-state index contributed by atoms with van der Waals surface area (Å²) < 4.78 is 0. The lowest BCUT2D eigenvalue weighted by Gasteiger charge is -2.13. The number of rotatable bonds is 5. The predicted octanol–water partition coefficient (Wildman–Crippen LogP) is 3.02. The first-order valence-electron chi connectivity index (χ1n) is 6.34. The minimum absolute atomic E-state index is 0.653. The van der Waals surface area contributed by atoms with Gasteiger partial charge in [-0.15, -0.1) is 0 Å². The molecule has 0 saturated heterocycles. The molecule has 0 fully saturated rings. The van der Waals surface area contributed by atoms with Crippen molar-refractivity contribution in [2.24, 2.45) is 5.92 Å². The molecular formula is C15H20N2. The van der Waals surface area contributed by atoms with Crippen molar-refractivity contribution in [1.82, 2.24) is 10.3 Å². The van der Waals surface area contributed by atoms with Crippen LogP contribution in [0.15, 0.2) is 36.5 Å². The smallest absolute Gasteiger partial charge is 0.0704 e. The number of pyridine rings is 1. The number of hydrogen-bond donors (Lipinski definition) is 1. The zero-order valence-corrected chi connectivity index (χ0v) is 10.6. The van der Waals surface area contributed by atoms with Crippen LogP contribution in [-0.2, 0) is 6.42 Å². The van der Waals surface area contributed by atoms with Gasteiger partial charge in [-0.3, -0.25) is 4.98 Å². The zero-order valence-electron chi connectivity index (χ0n) is 10.6. The Hall–Kier alpha value is -1.41. The number of benzene rings is 1. The van der Waals surface area contributed by atoms with Crippen molar-refractivity contribution in [3.05, 3.63) is 42.1 Å². The molecule has 17 heavy (non-hydrogen) atoms. The highest BCUT2D eigenvalue weighted by atomic mass is 14.8. The molecule has 1 aromatic carbocycles. The summed E-state index contributed by atoms with van der Waals surface area (Å²) in [6, 6.07) is 10.6. The van der Waals surface area contributed by atoms with Crippen LogP contribution in [0.1, 0.15) is 19.4 Å². The van der Waals surface area contributed by atoms with Crippen LogP contribution in [-0.4, -0.2) is 18.1 Å². The monoisotopic (exact) mass is 228 g/mol. The lowest BCUT2D eigenvalue weighted by molar-refractivity contribution is 0.523. The van der Waals surface area contributed by atoms with Gasteiger partial charge in [-0.2, -0.15) is 0 Å². The fourth-order valence-corrected chi connectivity index (χ4v) is 2.18. The van der Waals surface area contributed by atoms with Gasteiger partial charge in [-0.25, -0.2) is 0 Å². The minimum atomic E-state index is 0.653. The second kappa shape index (κ2) is 5.78. The van der Waals surface area contributed by atoms with E-state index in [-0.39, 0.29) is 0 Å². The van der Waals surface area contributed by atoms with Gasteiger partial charge in [-0.1, -0.05) is 32.0 Å². The largest absolute Gasteiger partial charge is 0.317 e. The molecule has 2 aromatic rings. The summed E-state index contributed by atoms with van der Waals surface area (Å²) in [6.45, 7) is 6.56. The second-order valence-corrected chi connectivity index (χ2v) is 4.60. The Morgan fingerprint density at radius 1 is 1.24 bits per heavy atom. The summed E-state index contributed by atoms with van der Waals surface area (Å²) >= 11 is 0. The van der Waals surface area contributed by atoms with Crippen molar-refractivity contribution in [1.29, 1.82) is 0 Å². The van der Waals surface area contributed by atoms with Gasteiger partial charge >= 0.3 is 0 Å². The molecule has 1 heterocycles. The molecule has 0 amide bonds. The van der Waals surface area contributed by atoms with Crippen molar-refractivity contribution in [2.45, 2.75) is 20.3 Å². The normalized spacial score (nSPS) is 12.8. The molecule has 0 spiro atoms. The first kappa shape index (κ1) is 12.1. The lowest BCUT2D eigenvalue weighted by atomic mass is 9.97. The number of fused-ring (bicyclic) bond motifs is 1. The van der Waals surface area contributed by atoms with Crippen molar-refractivity contribution < 1.29 is 0 Å². The summed E-state index contributed by atoms with van der Waals surface area (Å²) in [7, 11) is 0. The maximum Gasteiger partial charge on any atom is 0.0704 e. The number of nitrogens with one attached hydrogen (secondary N) is 1. The van der Waals surface area contributed by atoms with E-state index in [4.69, 9.17) is 0 Å². The Balaban J connectivity index is 2.18. The van der Waals surface area contributed by atoms with Crippen LogP contribution in [0.5, 0.6) is 0 Å². The second-order valence-electron chi connectivity index (χ2n) is 4.60. The molecule has 1 atom stereocenters.